The minimum atomic E-state index is -0.218. The molecule has 0 saturated carbocycles. The molecule has 4 nitrogen and oxygen atoms in total. The van der Waals surface area contributed by atoms with E-state index in [9.17, 15) is 4.79 Å². The van der Waals surface area contributed by atoms with Crippen LogP contribution in [-0.2, 0) is 0 Å². The van der Waals surface area contributed by atoms with Crippen molar-refractivity contribution in [2.45, 2.75) is 13.8 Å². The number of hydrogen-bond acceptors (Lipinski definition) is 3. The number of aromatic nitrogens is 1. The fourth-order valence-electron chi connectivity index (χ4n) is 3.10. The number of fused-ring (bicyclic) bond motifs is 1. The molecule has 4 rings (SSSR count). The summed E-state index contributed by atoms with van der Waals surface area (Å²) >= 11 is 9.79. The van der Waals surface area contributed by atoms with Crippen LogP contribution in [0.2, 0.25) is 5.02 Å². The van der Waals surface area contributed by atoms with E-state index >= 15 is 0 Å². The van der Waals surface area contributed by atoms with E-state index in [1.54, 1.807) is 24.3 Å². The topological polar surface area (TPSA) is 55.1 Å². The predicted octanol–water partition coefficient (Wildman–Crippen LogP) is 6.78. The molecule has 0 aliphatic heterocycles. The first-order chi connectivity index (χ1) is 13.4. The van der Waals surface area contributed by atoms with Crippen molar-refractivity contribution < 1.29 is 9.21 Å². The van der Waals surface area contributed by atoms with E-state index in [1.165, 1.54) is 0 Å². The number of benzene rings is 3. The van der Waals surface area contributed by atoms with Gasteiger partial charge < -0.3 is 9.73 Å². The van der Waals surface area contributed by atoms with Crippen LogP contribution in [0.25, 0.3) is 22.6 Å². The molecular formula is C22H16BrClN2O2. The third-order valence-corrected chi connectivity index (χ3v) is 5.41. The molecule has 1 heterocycles. The third-order valence-electron chi connectivity index (χ3n) is 4.39. The predicted molar refractivity (Wildman–Crippen MR) is 116 cm³/mol. The lowest BCUT2D eigenvalue weighted by molar-refractivity contribution is 0.102. The number of anilines is 1. The third kappa shape index (κ3) is 3.55. The maximum Gasteiger partial charge on any atom is 0.256 e. The average Bonchev–Trinajstić information content (AvgIpc) is 3.07. The largest absolute Gasteiger partial charge is 0.436 e. The summed E-state index contributed by atoms with van der Waals surface area (Å²) in [6.07, 6.45) is 0. The smallest absolute Gasteiger partial charge is 0.256 e. The normalized spacial score (nSPS) is 11.0. The Labute approximate surface area is 175 Å². The molecule has 0 saturated heterocycles. The Morgan fingerprint density at radius 2 is 1.89 bits per heavy atom. The molecular weight excluding hydrogens is 440 g/mol. The van der Waals surface area contributed by atoms with Crippen molar-refractivity contribution in [3.63, 3.8) is 0 Å². The number of halogens is 2. The molecule has 4 aromatic rings. The summed E-state index contributed by atoms with van der Waals surface area (Å²) in [5, 5.41) is 3.39. The van der Waals surface area contributed by atoms with Gasteiger partial charge in [0.15, 0.2) is 5.58 Å². The summed E-state index contributed by atoms with van der Waals surface area (Å²) in [4.78, 5) is 17.2. The average molecular weight is 456 g/mol. The molecule has 3 aromatic carbocycles. The Hall–Kier alpha value is -2.63. The highest BCUT2D eigenvalue weighted by molar-refractivity contribution is 9.10. The number of nitrogens with one attached hydrogen (secondary N) is 1. The van der Waals surface area contributed by atoms with Crippen molar-refractivity contribution >= 4 is 50.2 Å². The molecule has 28 heavy (non-hydrogen) atoms. The number of nitrogens with zero attached hydrogens (tertiary/aromatic N) is 1. The Balaban J connectivity index is 1.71. The zero-order chi connectivity index (χ0) is 19.8. The van der Waals surface area contributed by atoms with Gasteiger partial charge >= 0.3 is 0 Å². The van der Waals surface area contributed by atoms with E-state index in [0.29, 0.717) is 27.7 Å². The quantitative estimate of drug-likeness (QED) is 0.370. The van der Waals surface area contributed by atoms with Gasteiger partial charge in [-0.2, -0.15) is 0 Å². The summed E-state index contributed by atoms with van der Waals surface area (Å²) in [5.74, 6) is 0.204. The van der Waals surface area contributed by atoms with Gasteiger partial charge in [-0.05, 0) is 77.3 Å². The van der Waals surface area contributed by atoms with Gasteiger partial charge in [-0.15, -0.1) is 0 Å². The van der Waals surface area contributed by atoms with Crippen LogP contribution in [0.1, 0.15) is 21.5 Å². The highest BCUT2D eigenvalue weighted by Crippen LogP contribution is 2.33. The minimum Gasteiger partial charge on any atom is -0.436 e. The molecule has 0 bridgehead atoms. The summed E-state index contributed by atoms with van der Waals surface area (Å²) in [6, 6.07) is 16.5. The fourth-order valence-corrected chi connectivity index (χ4v) is 3.77. The lowest BCUT2D eigenvalue weighted by atomic mass is 10.1. The van der Waals surface area contributed by atoms with Gasteiger partial charge in [0.25, 0.3) is 5.91 Å². The molecule has 0 radical (unpaired) electrons. The van der Waals surface area contributed by atoms with Crippen molar-refractivity contribution in [1.29, 1.82) is 0 Å². The maximum atomic E-state index is 12.6. The zero-order valence-electron chi connectivity index (χ0n) is 15.2. The first kappa shape index (κ1) is 18.7. The lowest BCUT2D eigenvalue weighted by Gasteiger charge is -2.08. The number of carbonyl (C=O) groups is 1. The molecule has 0 aliphatic carbocycles. The van der Waals surface area contributed by atoms with Gasteiger partial charge in [0.05, 0.1) is 16.1 Å². The standard InChI is InChI=1S/C22H16BrClN2O2/c1-12-9-13(2)20-19(10-12)26-22(28-20)16-11-14(7-8-18(16)24)25-21(27)15-5-3-4-6-17(15)23/h3-11H,1-2H3,(H,25,27). The van der Waals surface area contributed by atoms with Crippen LogP contribution in [0, 0.1) is 13.8 Å². The lowest BCUT2D eigenvalue weighted by Crippen LogP contribution is -2.12. The SMILES string of the molecule is Cc1cc(C)c2oc(-c3cc(NC(=O)c4ccccc4Br)ccc3Cl)nc2c1. The van der Waals surface area contributed by atoms with Gasteiger partial charge in [-0.25, -0.2) is 4.98 Å². The van der Waals surface area contributed by atoms with Crippen LogP contribution in [0.5, 0.6) is 0 Å². The van der Waals surface area contributed by atoms with E-state index in [1.807, 2.05) is 44.2 Å². The second-order valence-electron chi connectivity index (χ2n) is 6.58. The molecule has 140 valence electrons. The first-order valence-electron chi connectivity index (χ1n) is 8.66. The van der Waals surface area contributed by atoms with Gasteiger partial charge in [-0.3, -0.25) is 4.79 Å². The van der Waals surface area contributed by atoms with Crippen molar-refractivity contribution in [3.05, 3.63) is 80.8 Å². The van der Waals surface area contributed by atoms with Crippen molar-refractivity contribution in [2.75, 3.05) is 5.32 Å². The van der Waals surface area contributed by atoms with Gasteiger partial charge in [0.1, 0.15) is 5.52 Å². The number of rotatable bonds is 3. The highest BCUT2D eigenvalue weighted by Gasteiger charge is 2.16. The second kappa shape index (κ2) is 7.41. The van der Waals surface area contributed by atoms with Gasteiger partial charge in [-0.1, -0.05) is 29.8 Å². The number of amides is 1. The zero-order valence-corrected chi connectivity index (χ0v) is 17.6. The Morgan fingerprint density at radius 3 is 2.68 bits per heavy atom. The summed E-state index contributed by atoms with van der Waals surface area (Å²) in [5.41, 5.74) is 5.43. The molecule has 0 unspecified atom stereocenters. The Bertz CT molecular complexity index is 1220. The van der Waals surface area contributed by atoms with Crippen LogP contribution in [0.3, 0.4) is 0 Å². The van der Waals surface area contributed by atoms with Crippen LogP contribution >= 0.6 is 27.5 Å². The number of oxazole rings is 1. The van der Waals surface area contributed by atoms with Crippen LogP contribution in [-0.4, -0.2) is 10.9 Å². The van der Waals surface area contributed by atoms with E-state index in [4.69, 9.17) is 16.0 Å². The molecule has 6 heteroatoms. The molecule has 1 aromatic heterocycles. The van der Waals surface area contributed by atoms with Crippen LogP contribution < -0.4 is 5.32 Å². The number of hydrogen-bond donors (Lipinski definition) is 1. The second-order valence-corrected chi connectivity index (χ2v) is 7.84. The Morgan fingerprint density at radius 1 is 1.11 bits per heavy atom. The van der Waals surface area contributed by atoms with Crippen LogP contribution in [0.15, 0.2) is 63.5 Å². The molecule has 1 N–H and O–H groups in total. The van der Waals surface area contributed by atoms with E-state index < -0.39 is 0 Å². The minimum absolute atomic E-state index is 0.218. The molecule has 0 fully saturated rings. The summed E-state index contributed by atoms with van der Waals surface area (Å²) < 4.78 is 6.70. The van der Waals surface area contributed by atoms with E-state index in [-0.39, 0.29) is 5.91 Å². The fraction of sp³-hybridized carbons (Fsp3) is 0.0909. The van der Waals surface area contributed by atoms with E-state index in [2.05, 4.69) is 26.2 Å². The van der Waals surface area contributed by atoms with Gasteiger partial charge in [0, 0.05) is 10.2 Å². The summed E-state index contributed by atoms with van der Waals surface area (Å²) in [6.45, 7) is 4.01. The molecule has 0 aliphatic rings. The molecule has 1 amide bonds. The molecule has 0 spiro atoms. The highest BCUT2D eigenvalue weighted by atomic mass is 79.9. The van der Waals surface area contributed by atoms with Crippen molar-refractivity contribution in [3.8, 4) is 11.5 Å². The van der Waals surface area contributed by atoms with Crippen LogP contribution in [0.4, 0.5) is 5.69 Å². The van der Waals surface area contributed by atoms with Gasteiger partial charge in [0.2, 0.25) is 5.89 Å². The first-order valence-corrected chi connectivity index (χ1v) is 9.83. The van der Waals surface area contributed by atoms with Crippen molar-refractivity contribution in [1.82, 2.24) is 4.98 Å². The monoisotopic (exact) mass is 454 g/mol. The summed E-state index contributed by atoms with van der Waals surface area (Å²) in [7, 11) is 0. The Kier molecular flexibility index (Phi) is 4.96. The van der Waals surface area contributed by atoms with Crippen molar-refractivity contribution in [2.24, 2.45) is 0 Å². The molecule has 0 atom stereocenters. The van der Waals surface area contributed by atoms with E-state index in [0.717, 1.165) is 26.7 Å². The number of carbonyl (C=O) groups excluding carboxylic acids is 1. The number of aryl methyl sites for hydroxylation is 2. The maximum absolute atomic E-state index is 12.6.